The molecule has 0 radical (unpaired) electrons. The molecule has 0 atom stereocenters. The van der Waals surface area contributed by atoms with Crippen LogP contribution in [-0.2, 0) is 9.53 Å². The molecule has 2 aromatic rings. The predicted molar refractivity (Wildman–Crippen MR) is 136 cm³/mol. The number of ether oxygens (including phenoxy) is 1. The number of halogens is 1. The Labute approximate surface area is 208 Å². The molecule has 36 heavy (non-hydrogen) atoms. The summed E-state index contributed by atoms with van der Waals surface area (Å²) in [6, 6.07) is 6.91. The highest BCUT2D eigenvalue weighted by Crippen LogP contribution is 2.27. The Hall–Kier alpha value is -4.01. The standard InChI is InChI=1S/C25H27FN8O2/c1-28-24(19-12-18(13-27)25(31-14-19)34-6-2-3-7-34)21(26)16-29-20-4-5-22(30-15-20)32-23(35)17-33-8-10-36-11-9-33/h4-5,12,14-16H,1-3,6-11,17H2,(H,30,32,35)/b24-21+,29-16?. The number of hydrogen-bond donors (Lipinski definition) is 1. The van der Waals surface area contributed by atoms with Crippen molar-refractivity contribution in [2.24, 2.45) is 9.98 Å². The van der Waals surface area contributed by atoms with Crippen LogP contribution in [0.25, 0.3) is 5.70 Å². The third-order valence-electron chi connectivity index (χ3n) is 5.86. The van der Waals surface area contributed by atoms with Crippen LogP contribution in [0.2, 0.25) is 0 Å². The van der Waals surface area contributed by atoms with Crippen molar-refractivity contribution in [3.63, 3.8) is 0 Å². The van der Waals surface area contributed by atoms with Crippen LogP contribution in [0.15, 0.2) is 46.4 Å². The number of aromatic nitrogens is 2. The number of allylic oxidation sites excluding steroid dienone is 1. The summed E-state index contributed by atoms with van der Waals surface area (Å²) in [5, 5.41) is 12.3. The molecule has 2 saturated heterocycles. The Kier molecular flexibility index (Phi) is 8.44. The molecule has 1 N–H and O–H groups in total. The van der Waals surface area contributed by atoms with Crippen molar-refractivity contribution in [1.82, 2.24) is 14.9 Å². The Morgan fingerprint density at radius 3 is 2.67 bits per heavy atom. The largest absolute Gasteiger partial charge is 0.379 e. The summed E-state index contributed by atoms with van der Waals surface area (Å²) >= 11 is 0. The van der Waals surface area contributed by atoms with Crippen molar-refractivity contribution < 1.29 is 13.9 Å². The zero-order valence-electron chi connectivity index (χ0n) is 19.9. The SMILES string of the molecule is C=N/C(=C(/F)C=Nc1ccc(NC(=O)CN2CCOCC2)nc1)c1cnc(N2CCCC2)c(C#N)c1. The van der Waals surface area contributed by atoms with Gasteiger partial charge in [-0.2, -0.15) is 5.26 Å². The first kappa shape index (κ1) is 25.1. The maximum atomic E-state index is 14.9. The van der Waals surface area contributed by atoms with E-state index in [1.165, 1.54) is 12.4 Å². The van der Waals surface area contributed by atoms with Gasteiger partial charge in [0.15, 0.2) is 5.83 Å². The van der Waals surface area contributed by atoms with Crippen molar-refractivity contribution in [3.05, 3.63) is 47.5 Å². The number of aliphatic imine (C=N–C) groups is 2. The van der Waals surface area contributed by atoms with E-state index in [2.05, 4.69) is 38.1 Å². The van der Waals surface area contributed by atoms with Crippen LogP contribution in [0.4, 0.5) is 21.7 Å². The molecule has 4 heterocycles. The Morgan fingerprint density at radius 2 is 2.00 bits per heavy atom. The number of amides is 1. The second kappa shape index (κ2) is 12.1. The van der Waals surface area contributed by atoms with Gasteiger partial charge in [0, 0.05) is 37.9 Å². The van der Waals surface area contributed by atoms with Crippen LogP contribution < -0.4 is 10.2 Å². The summed E-state index contributed by atoms with van der Waals surface area (Å²) < 4.78 is 20.2. The number of nitrogens with zero attached hydrogens (tertiary/aromatic N) is 7. The van der Waals surface area contributed by atoms with Crippen molar-refractivity contribution in [1.29, 1.82) is 5.26 Å². The lowest BCUT2D eigenvalue weighted by Crippen LogP contribution is -2.41. The number of pyridine rings is 2. The number of rotatable bonds is 8. The molecule has 0 aliphatic carbocycles. The van der Waals surface area contributed by atoms with Crippen LogP contribution in [0, 0.1) is 11.3 Å². The van der Waals surface area contributed by atoms with Gasteiger partial charge in [-0.15, -0.1) is 0 Å². The van der Waals surface area contributed by atoms with Crippen molar-refractivity contribution in [3.8, 4) is 6.07 Å². The van der Waals surface area contributed by atoms with Gasteiger partial charge in [0.25, 0.3) is 0 Å². The first-order valence-electron chi connectivity index (χ1n) is 11.7. The lowest BCUT2D eigenvalue weighted by atomic mass is 10.1. The second-order valence-corrected chi connectivity index (χ2v) is 8.35. The fourth-order valence-electron chi connectivity index (χ4n) is 4.03. The fourth-order valence-corrected chi connectivity index (χ4v) is 4.03. The topological polar surface area (TPSA) is 119 Å². The molecule has 2 aliphatic rings. The molecule has 10 nitrogen and oxygen atoms in total. The number of nitrogens with one attached hydrogen (secondary N) is 1. The highest BCUT2D eigenvalue weighted by Gasteiger charge is 2.19. The van der Waals surface area contributed by atoms with E-state index in [0.717, 1.165) is 32.1 Å². The van der Waals surface area contributed by atoms with E-state index in [9.17, 15) is 14.4 Å². The minimum Gasteiger partial charge on any atom is -0.379 e. The zero-order valence-corrected chi connectivity index (χ0v) is 19.9. The van der Waals surface area contributed by atoms with E-state index in [0.29, 0.717) is 54.8 Å². The van der Waals surface area contributed by atoms with E-state index in [-0.39, 0.29) is 18.1 Å². The average molecular weight is 491 g/mol. The number of anilines is 2. The smallest absolute Gasteiger partial charge is 0.239 e. The van der Waals surface area contributed by atoms with Gasteiger partial charge in [-0.25, -0.2) is 14.4 Å². The summed E-state index contributed by atoms with van der Waals surface area (Å²) in [4.78, 5) is 32.7. The van der Waals surface area contributed by atoms with Gasteiger partial charge in [0.1, 0.15) is 23.4 Å². The monoisotopic (exact) mass is 490 g/mol. The van der Waals surface area contributed by atoms with Crippen LogP contribution in [0.5, 0.6) is 0 Å². The van der Waals surface area contributed by atoms with Crippen LogP contribution in [0.3, 0.4) is 0 Å². The van der Waals surface area contributed by atoms with E-state index >= 15 is 0 Å². The van der Waals surface area contributed by atoms with Crippen molar-refractivity contribution >= 4 is 41.9 Å². The number of carbonyl (C=O) groups excluding carboxylic acids is 1. The molecule has 4 rings (SSSR count). The van der Waals surface area contributed by atoms with Crippen molar-refractivity contribution in [2.75, 3.05) is 56.2 Å². The maximum absolute atomic E-state index is 14.9. The first-order chi connectivity index (χ1) is 17.6. The number of carbonyl (C=O) groups is 1. The highest BCUT2D eigenvalue weighted by atomic mass is 19.1. The van der Waals surface area contributed by atoms with E-state index < -0.39 is 5.83 Å². The molecule has 0 unspecified atom stereocenters. The van der Waals surface area contributed by atoms with Crippen LogP contribution >= 0.6 is 0 Å². The number of hydrogen-bond acceptors (Lipinski definition) is 9. The summed E-state index contributed by atoms with van der Waals surface area (Å²) in [6.45, 7) is 8.07. The molecule has 0 spiro atoms. The molecule has 0 aromatic carbocycles. The summed E-state index contributed by atoms with van der Waals surface area (Å²) in [5.41, 5.74) is 1.02. The number of nitriles is 1. The molecule has 186 valence electrons. The molecule has 1 amide bonds. The van der Waals surface area contributed by atoms with E-state index in [1.807, 2.05) is 9.80 Å². The summed E-state index contributed by atoms with van der Waals surface area (Å²) in [7, 11) is 0. The molecule has 2 fully saturated rings. The molecular weight excluding hydrogens is 463 g/mol. The third-order valence-corrected chi connectivity index (χ3v) is 5.86. The predicted octanol–water partition coefficient (Wildman–Crippen LogP) is 2.96. The van der Waals surface area contributed by atoms with E-state index in [4.69, 9.17) is 4.74 Å². The minimum absolute atomic E-state index is 0.0596. The molecule has 11 heteroatoms. The lowest BCUT2D eigenvalue weighted by Gasteiger charge is -2.25. The van der Waals surface area contributed by atoms with Gasteiger partial charge in [-0.05, 0) is 37.8 Å². The van der Waals surface area contributed by atoms with Gasteiger partial charge >= 0.3 is 0 Å². The van der Waals surface area contributed by atoms with Crippen LogP contribution in [0.1, 0.15) is 24.0 Å². The average Bonchev–Trinajstić information content (AvgIpc) is 3.44. The molecular formula is C25H27FN8O2. The highest BCUT2D eigenvalue weighted by molar-refractivity contribution is 5.92. The van der Waals surface area contributed by atoms with Gasteiger partial charge in [0.2, 0.25) is 5.91 Å². The molecule has 2 aliphatic heterocycles. The molecule has 0 bridgehead atoms. The zero-order chi connectivity index (χ0) is 25.3. The van der Waals surface area contributed by atoms with Gasteiger partial charge < -0.3 is 15.0 Å². The van der Waals surface area contributed by atoms with Gasteiger partial charge in [-0.3, -0.25) is 19.7 Å². The van der Waals surface area contributed by atoms with Gasteiger partial charge in [-0.1, -0.05) is 0 Å². The van der Waals surface area contributed by atoms with E-state index in [1.54, 1.807) is 18.2 Å². The molecule has 2 aromatic heterocycles. The van der Waals surface area contributed by atoms with Crippen LogP contribution in [-0.4, -0.2) is 79.6 Å². The van der Waals surface area contributed by atoms with Crippen molar-refractivity contribution in [2.45, 2.75) is 12.8 Å². The fraction of sp³-hybridized carbons (Fsp3) is 0.360. The Bertz CT molecular complexity index is 1190. The quantitative estimate of drug-likeness (QED) is 0.565. The molecule has 0 saturated carbocycles. The third kappa shape index (κ3) is 6.35. The lowest BCUT2D eigenvalue weighted by molar-refractivity contribution is -0.118. The minimum atomic E-state index is -0.729. The first-order valence-corrected chi connectivity index (χ1v) is 11.7. The maximum Gasteiger partial charge on any atom is 0.239 e. The normalized spacial score (nSPS) is 17.1. The number of morpholine rings is 1. The summed E-state index contributed by atoms with van der Waals surface area (Å²) in [5.74, 6) is 0.0780. The Morgan fingerprint density at radius 1 is 1.22 bits per heavy atom. The van der Waals surface area contributed by atoms with Gasteiger partial charge in [0.05, 0.1) is 43.4 Å². The Balaban J connectivity index is 1.42. The summed E-state index contributed by atoms with van der Waals surface area (Å²) in [6.07, 6.45) is 6.03. The second-order valence-electron chi connectivity index (χ2n) is 8.35.